The molecule has 0 aliphatic carbocycles. The predicted octanol–water partition coefficient (Wildman–Crippen LogP) is 2.35. The lowest BCUT2D eigenvalue weighted by molar-refractivity contribution is -0.154. The molecule has 1 aromatic carbocycles. The first kappa shape index (κ1) is 17.3. The highest BCUT2D eigenvalue weighted by Gasteiger charge is 2.19. The lowest BCUT2D eigenvalue weighted by Gasteiger charge is -2.16. The van der Waals surface area contributed by atoms with Crippen molar-refractivity contribution in [3.8, 4) is 5.75 Å². The molecule has 1 N–H and O–H groups in total. The molecule has 21 heavy (non-hydrogen) atoms. The molecule has 6 heteroatoms. The van der Waals surface area contributed by atoms with Gasteiger partial charge in [0.15, 0.2) is 6.10 Å². The molecule has 0 saturated carbocycles. The van der Waals surface area contributed by atoms with Crippen LogP contribution in [0.15, 0.2) is 18.2 Å². The first-order valence-corrected chi connectivity index (χ1v) is 7.03. The van der Waals surface area contributed by atoms with Gasteiger partial charge in [-0.15, -0.1) is 0 Å². The molecule has 0 radical (unpaired) electrons. The Labute approximate surface area is 129 Å². The average molecular weight is 314 g/mol. The van der Waals surface area contributed by atoms with Crippen LogP contribution in [-0.2, 0) is 20.7 Å². The summed E-state index contributed by atoms with van der Waals surface area (Å²) in [5.41, 5.74) is 0.617. The summed E-state index contributed by atoms with van der Waals surface area (Å²) in [6.07, 6.45) is -0.853. The third-order valence-electron chi connectivity index (χ3n) is 2.69. The van der Waals surface area contributed by atoms with Gasteiger partial charge in [0.25, 0.3) is 5.91 Å². The maximum Gasteiger partial charge on any atom is 0.311 e. The zero-order valence-corrected chi connectivity index (χ0v) is 13.4. The van der Waals surface area contributed by atoms with Crippen molar-refractivity contribution in [2.24, 2.45) is 0 Å². The van der Waals surface area contributed by atoms with E-state index in [2.05, 4.69) is 5.32 Å². The number of esters is 1. The molecule has 1 amide bonds. The maximum atomic E-state index is 11.9. The van der Waals surface area contributed by atoms with Crippen molar-refractivity contribution < 1.29 is 19.1 Å². The summed E-state index contributed by atoms with van der Waals surface area (Å²) < 4.78 is 10.3. The van der Waals surface area contributed by atoms with E-state index >= 15 is 0 Å². The van der Waals surface area contributed by atoms with Gasteiger partial charge in [-0.25, -0.2) is 0 Å². The second kappa shape index (κ2) is 7.88. The molecule has 0 fully saturated rings. The van der Waals surface area contributed by atoms with Crippen LogP contribution < -0.4 is 10.1 Å². The van der Waals surface area contributed by atoms with E-state index in [1.165, 1.54) is 14.0 Å². The third-order valence-corrected chi connectivity index (χ3v) is 2.92. The van der Waals surface area contributed by atoms with E-state index in [9.17, 15) is 9.59 Å². The van der Waals surface area contributed by atoms with Gasteiger partial charge in [-0.3, -0.25) is 9.59 Å². The number of carbonyl (C=O) groups excluding carboxylic acids is 2. The van der Waals surface area contributed by atoms with E-state index in [1.807, 2.05) is 13.8 Å². The monoisotopic (exact) mass is 313 g/mol. The number of methoxy groups -OCH3 is 1. The molecule has 0 unspecified atom stereocenters. The van der Waals surface area contributed by atoms with Crippen LogP contribution in [-0.4, -0.2) is 31.1 Å². The Morgan fingerprint density at radius 3 is 2.52 bits per heavy atom. The van der Waals surface area contributed by atoms with Gasteiger partial charge in [0.05, 0.1) is 13.5 Å². The van der Waals surface area contributed by atoms with Gasteiger partial charge in [0.2, 0.25) is 0 Å². The minimum absolute atomic E-state index is 0.00771. The van der Waals surface area contributed by atoms with E-state index in [0.717, 1.165) is 0 Å². The van der Waals surface area contributed by atoms with Crippen LogP contribution in [0.25, 0.3) is 0 Å². The van der Waals surface area contributed by atoms with Gasteiger partial charge in [-0.1, -0.05) is 11.6 Å². The Kier molecular flexibility index (Phi) is 6.49. The van der Waals surface area contributed by atoms with Crippen molar-refractivity contribution >= 4 is 23.5 Å². The lowest BCUT2D eigenvalue weighted by Crippen LogP contribution is -2.39. The Hall–Kier alpha value is -1.75. The summed E-state index contributed by atoms with van der Waals surface area (Å²) in [5, 5.41) is 3.19. The summed E-state index contributed by atoms with van der Waals surface area (Å²) in [6, 6.07) is 4.99. The molecule has 0 aromatic heterocycles. The number of nitrogens with one attached hydrogen (secondary N) is 1. The van der Waals surface area contributed by atoms with E-state index in [4.69, 9.17) is 21.1 Å². The van der Waals surface area contributed by atoms with Crippen LogP contribution in [0.1, 0.15) is 26.3 Å². The zero-order valence-electron chi connectivity index (χ0n) is 12.6. The Morgan fingerprint density at radius 1 is 1.29 bits per heavy atom. The molecular formula is C15H20ClNO4. The van der Waals surface area contributed by atoms with Crippen LogP contribution in [0, 0.1) is 0 Å². The highest BCUT2D eigenvalue weighted by molar-refractivity contribution is 6.30. The normalized spacial score (nSPS) is 11.9. The first-order valence-electron chi connectivity index (χ1n) is 6.65. The quantitative estimate of drug-likeness (QED) is 0.819. The summed E-state index contributed by atoms with van der Waals surface area (Å²) >= 11 is 5.90. The van der Waals surface area contributed by atoms with Crippen LogP contribution in [0.4, 0.5) is 0 Å². The second-order valence-electron chi connectivity index (χ2n) is 4.93. The van der Waals surface area contributed by atoms with Crippen LogP contribution >= 0.6 is 11.6 Å². The standard InChI is InChI=1S/C15H20ClNO4/c1-9(2)17-15(19)10(3)21-14(18)8-11-7-12(16)5-6-13(11)20-4/h5-7,9-10H,8H2,1-4H3,(H,17,19)/t10-/m1/s1. The fourth-order valence-electron chi connectivity index (χ4n) is 1.74. The Morgan fingerprint density at radius 2 is 1.95 bits per heavy atom. The number of rotatable bonds is 6. The van der Waals surface area contributed by atoms with Gasteiger partial charge >= 0.3 is 5.97 Å². The van der Waals surface area contributed by atoms with Gasteiger partial charge < -0.3 is 14.8 Å². The van der Waals surface area contributed by atoms with Crippen molar-refractivity contribution in [3.05, 3.63) is 28.8 Å². The molecule has 116 valence electrons. The molecule has 0 saturated heterocycles. The molecule has 0 aliphatic heterocycles. The number of benzene rings is 1. The summed E-state index contributed by atoms with van der Waals surface area (Å²) in [5.74, 6) is -0.283. The molecule has 5 nitrogen and oxygen atoms in total. The zero-order chi connectivity index (χ0) is 16.0. The third kappa shape index (κ3) is 5.63. The molecule has 1 atom stereocenters. The largest absolute Gasteiger partial charge is 0.496 e. The van der Waals surface area contributed by atoms with Crippen LogP contribution in [0.5, 0.6) is 5.75 Å². The first-order chi connectivity index (χ1) is 9.83. The van der Waals surface area contributed by atoms with E-state index in [-0.39, 0.29) is 18.4 Å². The average Bonchev–Trinajstić information content (AvgIpc) is 2.37. The summed E-state index contributed by atoms with van der Waals surface area (Å²) in [7, 11) is 1.51. The Bertz CT molecular complexity index is 516. The number of carbonyl (C=O) groups is 2. The molecule has 0 aliphatic rings. The van der Waals surface area contributed by atoms with Crippen LogP contribution in [0.3, 0.4) is 0 Å². The van der Waals surface area contributed by atoms with E-state index in [1.54, 1.807) is 18.2 Å². The van der Waals surface area contributed by atoms with Crippen molar-refractivity contribution in [2.45, 2.75) is 39.3 Å². The molecule has 1 aromatic rings. The minimum atomic E-state index is -0.843. The number of amides is 1. The summed E-state index contributed by atoms with van der Waals surface area (Å²) in [4.78, 5) is 23.6. The number of hydrogen-bond donors (Lipinski definition) is 1. The molecule has 0 spiro atoms. The molecule has 0 bridgehead atoms. The smallest absolute Gasteiger partial charge is 0.311 e. The molecule has 0 heterocycles. The molecular weight excluding hydrogens is 294 g/mol. The van der Waals surface area contributed by atoms with Crippen LogP contribution in [0.2, 0.25) is 5.02 Å². The van der Waals surface area contributed by atoms with Crippen molar-refractivity contribution in [3.63, 3.8) is 0 Å². The second-order valence-corrected chi connectivity index (χ2v) is 5.36. The SMILES string of the molecule is COc1ccc(Cl)cc1CC(=O)O[C@H](C)C(=O)NC(C)C. The highest BCUT2D eigenvalue weighted by atomic mass is 35.5. The fourth-order valence-corrected chi connectivity index (χ4v) is 1.93. The molecule has 1 rings (SSSR count). The van der Waals surface area contributed by atoms with Crippen molar-refractivity contribution in [1.82, 2.24) is 5.32 Å². The van der Waals surface area contributed by atoms with Gasteiger partial charge in [0.1, 0.15) is 5.75 Å². The lowest BCUT2D eigenvalue weighted by atomic mass is 10.1. The highest BCUT2D eigenvalue weighted by Crippen LogP contribution is 2.23. The van der Waals surface area contributed by atoms with Gasteiger partial charge in [-0.05, 0) is 39.0 Å². The Balaban J connectivity index is 2.65. The minimum Gasteiger partial charge on any atom is -0.496 e. The topological polar surface area (TPSA) is 64.6 Å². The van der Waals surface area contributed by atoms with Gasteiger partial charge in [-0.2, -0.15) is 0 Å². The van der Waals surface area contributed by atoms with E-state index < -0.39 is 12.1 Å². The number of halogens is 1. The predicted molar refractivity (Wildman–Crippen MR) is 80.5 cm³/mol. The van der Waals surface area contributed by atoms with Gasteiger partial charge in [0, 0.05) is 16.6 Å². The van der Waals surface area contributed by atoms with E-state index in [0.29, 0.717) is 16.3 Å². The number of ether oxygens (including phenoxy) is 2. The van der Waals surface area contributed by atoms with Crippen molar-refractivity contribution in [1.29, 1.82) is 0 Å². The maximum absolute atomic E-state index is 11.9. The summed E-state index contributed by atoms with van der Waals surface area (Å²) in [6.45, 7) is 5.21. The fraction of sp³-hybridized carbons (Fsp3) is 0.467. The number of hydrogen-bond acceptors (Lipinski definition) is 4. The van der Waals surface area contributed by atoms with Crippen molar-refractivity contribution in [2.75, 3.05) is 7.11 Å².